The van der Waals surface area contributed by atoms with E-state index >= 15 is 0 Å². The summed E-state index contributed by atoms with van der Waals surface area (Å²) < 4.78 is 17.7. The third-order valence-corrected chi connectivity index (χ3v) is 1.64. The smallest absolute Gasteiger partial charge is 0.153 e. The van der Waals surface area contributed by atoms with E-state index in [4.69, 9.17) is 4.74 Å². The van der Waals surface area contributed by atoms with Crippen LogP contribution in [0.2, 0.25) is 0 Å². The summed E-state index contributed by atoms with van der Waals surface area (Å²) in [6.07, 6.45) is 0.644. The third kappa shape index (κ3) is 1.44. The van der Waals surface area contributed by atoms with Gasteiger partial charge in [-0.3, -0.25) is 4.79 Å². The number of aryl methyl sites for hydroxylation is 1. The lowest BCUT2D eigenvalue weighted by molar-refractivity contribution is 0.112. The molecule has 12 heavy (non-hydrogen) atoms. The first-order valence-corrected chi connectivity index (χ1v) is 3.48. The number of rotatable bonds is 2. The van der Waals surface area contributed by atoms with Crippen molar-refractivity contribution in [1.82, 2.24) is 0 Å². The van der Waals surface area contributed by atoms with E-state index in [2.05, 4.69) is 0 Å². The second kappa shape index (κ2) is 3.34. The molecule has 0 aromatic heterocycles. The molecule has 0 unspecified atom stereocenters. The zero-order valence-electron chi connectivity index (χ0n) is 6.93. The molecule has 0 aliphatic rings. The SMILES string of the molecule is COc1cc([18F])c(C)cc1C=O. The van der Waals surface area contributed by atoms with Crippen molar-refractivity contribution in [2.24, 2.45) is 0 Å². The number of hydrogen-bond acceptors (Lipinski definition) is 2. The molecule has 0 radical (unpaired) electrons. The van der Waals surface area contributed by atoms with Crippen LogP contribution in [0.4, 0.5) is 4.39 Å². The minimum Gasteiger partial charge on any atom is -0.496 e. The fraction of sp³-hybridized carbons (Fsp3) is 0.222. The molecule has 0 heterocycles. The van der Waals surface area contributed by atoms with Crippen molar-refractivity contribution in [3.63, 3.8) is 0 Å². The van der Waals surface area contributed by atoms with E-state index in [9.17, 15) is 9.18 Å². The van der Waals surface area contributed by atoms with Crippen LogP contribution in [0.3, 0.4) is 0 Å². The number of hydrogen-bond donors (Lipinski definition) is 0. The molecule has 0 N–H and O–H groups in total. The van der Waals surface area contributed by atoms with Crippen molar-refractivity contribution in [2.45, 2.75) is 6.92 Å². The quantitative estimate of drug-likeness (QED) is 0.629. The maximum Gasteiger partial charge on any atom is 0.153 e. The van der Waals surface area contributed by atoms with Gasteiger partial charge in [-0.25, -0.2) is 4.39 Å². The molecular formula is C9H9FO2. The van der Waals surface area contributed by atoms with Gasteiger partial charge in [0.2, 0.25) is 0 Å². The Balaban J connectivity index is 3.28. The molecule has 0 bridgehead atoms. The Hall–Kier alpha value is -1.38. The van der Waals surface area contributed by atoms with E-state index in [0.29, 0.717) is 17.4 Å². The van der Waals surface area contributed by atoms with Crippen molar-refractivity contribution in [1.29, 1.82) is 0 Å². The minimum atomic E-state index is -0.363. The summed E-state index contributed by atoms with van der Waals surface area (Å²) in [5.41, 5.74) is 0.814. The molecule has 64 valence electrons. The van der Waals surface area contributed by atoms with E-state index in [-0.39, 0.29) is 11.6 Å². The highest BCUT2D eigenvalue weighted by Crippen LogP contribution is 2.20. The number of ether oxygens (including phenoxy) is 1. The summed E-state index contributed by atoms with van der Waals surface area (Å²) in [6, 6.07) is 2.67. The number of methoxy groups -OCH3 is 1. The van der Waals surface area contributed by atoms with Crippen LogP contribution in [0.1, 0.15) is 15.9 Å². The van der Waals surface area contributed by atoms with Gasteiger partial charge in [0.15, 0.2) is 6.29 Å². The Morgan fingerprint density at radius 1 is 1.50 bits per heavy atom. The molecule has 0 atom stereocenters. The van der Waals surface area contributed by atoms with Gasteiger partial charge in [0, 0.05) is 6.07 Å². The Morgan fingerprint density at radius 3 is 2.67 bits per heavy atom. The Labute approximate surface area is 70.0 Å². The molecule has 1 rings (SSSR count). The second-order valence-corrected chi connectivity index (χ2v) is 2.46. The number of aldehydes is 1. The lowest BCUT2D eigenvalue weighted by atomic mass is 10.1. The molecule has 0 aliphatic carbocycles. The van der Waals surface area contributed by atoms with Crippen LogP contribution in [-0.4, -0.2) is 13.4 Å². The largest absolute Gasteiger partial charge is 0.496 e. The van der Waals surface area contributed by atoms with Crippen molar-refractivity contribution in [3.05, 3.63) is 29.1 Å². The van der Waals surface area contributed by atoms with Gasteiger partial charge in [0.25, 0.3) is 0 Å². The van der Waals surface area contributed by atoms with Crippen LogP contribution >= 0.6 is 0 Å². The highest BCUT2D eigenvalue weighted by atomic mass is 18.2. The predicted octanol–water partition coefficient (Wildman–Crippen LogP) is 1.96. The Kier molecular flexibility index (Phi) is 2.43. The average Bonchev–Trinajstić information content (AvgIpc) is 2.09. The first kappa shape index (κ1) is 8.71. The van der Waals surface area contributed by atoms with Crippen molar-refractivity contribution in [3.8, 4) is 5.75 Å². The summed E-state index contributed by atoms with van der Waals surface area (Å²) in [5.74, 6) is -0.0921. The van der Waals surface area contributed by atoms with Crippen LogP contribution in [-0.2, 0) is 0 Å². The molecule has 0 fully saturated rings. The molecule has 0 spiro atoms. The van der Waals surface area contributed by atoms with Gasteiger partial charge in [0.1, 0.15) is 11.6 Å². The fourth-order valence-electron chi connectivity index (χ4n) is 0.954. The fourth-order valence-corrected chi connectivity index (χ4v) is 0.954. The second-order valence-electron chi connectivity index (χ2n) is 2.46. The number of carbonyl (C=O) groups excluding carboxylic acids is 1. The van der Waals surface area contributed by atoms with Crippen LogP contribution in [0.25, 0.3) is 0 Å². The number of halogens is 1. The van der Waals surface area contributed by atoms with E-state index < -0.39 is 0 Å². The molecular weight excluding hydrogens is 158 g/mol. The molecule has 3 heteroatoms. The number of benzene rings is 1. The Bertz CT molecular complexity index is 308. The van der Waals surface area contributed by atoms with Gasteiger partial charge < -0.3 is 4.74 Å². The van der Waals surface area contributed by atoms with E-state index in [1.165, 1.54) is 19.2 Å². The normalized spacial score (nSPS) is 9.58. The van der Waals surface area contributed by atoms with E-state index in [0.717, 1.165) is 0 Å². The molecule has 1 aromatic carbocycles. The predicted molar refractivity (Wildman–Crippen MR) is 43.1 cm³/mol. The monoisotopic (exact) mass is 167 g/mol. The van der Waals surface area contributed by atoms with Gasteiger partial charge in [-0.15, -0.1) is 0 Å². The summed E-state index contributed by atoms with van der Waals surface area (Å²) in [7, 11) is 1.40. The average molecular weight is 167 g/mol. The zero-order valence-corrected chi connectivity index (χ0v) is 6.93. The Morgan fingerprint density at radius 2 is 2.17 bits per heavy atom. The van der Waals surface area contributed by atoms with Crippen LogP contribution in [0.15, 0.2) is 12.1 Å². The summed E-state index contributed by atoms with van der Waals surface area (Å²) in [5, 5.41) is 0. The third-order valence-electron chi connectivity index (χ3n) is 1.64. The summed E-state index contributed by atoms with van der Waals surface area (Å²) in [6.45, 7) is 1.60. The first-order chi connectivity index (χ1) is 5.69. The van der Waals surface area contributed by atoms with Crippen LogP contribution in [0, 0.1) is 12.7 Å². The van der Waals surface area contributed by atoms with Gasteiger partial charge >= 0.3 is 0 Å². The zero-order chi connectivity index (χ0) is 9.14. The molecule has 0 saturated heterocycles. The standard InChI is InChI=1S/C9H9FO2/c1-6-3-7(5-11)9(12-2)4-8(6)10/h3-5H,1-2H3/i10-1. The van der Waals surface area contributed by atoms with Crippen molar-refractivity contribution >= 4 is 6.29 Å². The van der Waals surface area contributed by atoms with Crippen LogP contribution in [0.5, 0.6) is 5.75 Å². The maximum atomic E-state index is 12.9. The van der Waals surface area contributed by atoms with E-state index in [1.807, 2.05) is 0 Å². The molecule has 0 aliphatic heterocycles. The van der Waals surface area contributed by atoms with Gasteiger partial charge in [-0.2, -0.15) is 0 Å². The molecule has 0 amide bonds. The summed E-state index contributed by atoms with van der Waals surface area (Å²) in [4.78, 5) is 10.4. The molecule has 0 saturated carbocycles. The van der Waals surface area contributed by atoms with Gasteiger partial charge in [-0.1, -0.05) is 0 Å². The van der Waals surface area contributed by atoms with Crippen LogP contribution < -0.4 is 4.74 Å². The van der Waals surface area contributed by atoms with Crippen molar-refractivity contribution < 1.29 is 13.9 Å². The first-order valence-electron chi connectivity index (χ1n) is 3.48. The topological polar surface area (TPSA) is 26.3 Å². The highest BCUT2D eigenvalue weighted by Gasteiger charge is 2.05. The van der Waals surface area contributed by atoms with E-state index in [1.54, 1.807) is 6.92 Å². The van der Waals surface area contributed by atoms with Crippen molar-refractivity contribution in [2.75, 3.05) is 7.11 Å². The molecule has 2 nitrogen and oxygen atoms in total. The lowest BCUT2D eigenvalue weighted by Crippen LogP contribution is -1.93. The highest BCUT2D eigenvalue weighted by molar-refractivity contribution is 5.79. The molecule has 1 aromatic rings. The van der Waals surface area contributed by atoms with Gasteiger partial charge in [0.05, 0.1) is 12.7 Å². The minimum absolute atomic E-state index is 0.271. The number of carbonyl (C=O) groups is 1. The maximum absolute atomic E-state index is 12.9. The van der Waals surface area contributed by atoms with Gasteiger partial charge in [-0.05, 0) is 18.6 Å². The lowest BCUT2D eigenvalue weighted by Gasteiger charge is -2.04. The summed E-state index contributed by atoms with van der Waals surface area (Å²) >= 11 is 0.